The summed E-state index contributed by atoms with van der Waals surface area (Å²) in [4.78, 5) is 2.64. The van der Waals surface area contributed by atoms with Gasteiger partial charge in [0.1, 0.15) is 0 Å². The molecule has 2 rings (SSSR count). The lowest BCUT2D eigenvalue weighted by molar-refractivity contribution is 0.0233. The summed E-state index contributed by atoms with van der Waals surface area (Å²) in [5.74, 6) is 0. The van der Waals surface area contributed by atoms with Crippen molar-refractivity contribution in [3.05, 3.63) is 0 Å². The molecule has 82 valence electrons. The number of likely N-dealkylation sites (tertiary alicyclic amines) is 1. The highest BCUT2D eigenvalue weighted by atomic mass is 16.5. The standard InChI is InChI=1S/C11H22N2O/c1-14-11-4-7-13(8-5-11)10-3-2-6-12-9-10/h10-12H,2-9H2,1H3/t10-/m0/s1. The van der Waals surface area contributed by atoms with Gasteiger partial charge >= 0.3 is 0 Å². The van der Waals surface area contributed by atoms with Crippen molar-refractivity contribution in [1.82, 2.24) is 10.2 Å². The van der Waals surface area contributed by atoms with Crippen LogP contribution in [0.2, 0.25) is 0 Å². The maximum Gasteiger partial charge on any atom is 0.0595 e. The number of hydrogen-bond donors (Lipinski definition) is 1. The zero-order valence-electron chi connectivity index (χ0n) is 9.17. The lowest BCUT2D eigenvalue weighted by Gasteiger charge is -2.39. The molecule has 0 unspecified atom stereocenters. The molecule has 2 fully saturated rings. The smallest absolute Gasteiger partial charge is 0.0595 e. The van der Waals surface area contributed by atoms with Crippen molar-refractivity contribution >= 4 is 0 Å². The molecule has 3 nitrogen and oxygen atoms in total. The first-order chi connectivity index (χ1) is 6.90. The Kier molecular flexibility index (Phi) is 3.79. The summed E-state index contributed by atoms with van der Waals surface area (Å²) in [6.45, 7) is 4.86. The van der Waals surface area contributed by atoms with E-state index in [2.05, 4.69) is 10.2 Å². The molecule has 0 aromatic rings. The van der Waals surface area contributed by atoms with Crippen LogP contribution in [0.25, 0.3) is 0 Å². The Morgan fingerprint density at radius 2 is 2.00 bits per heavy atom. The van der Waals surface area contributed by atoms with Crippen LogP contribution in [0.3, 0.4) is 0 Å². The second-order valence-electron chi connectivity index (χ2n) is 4.47. The molecule has 2 aliphatic rings. The molecule has 0 bridgehead atoms. The maximum atomic E-state index is 5.38. The highest BCUT2D eigenvalue weighted by Crippen LogP contribution is 2.18. The van der Waals surface area contributed by atoms with Gasteiger partial charge in [0.25, 0.3) is 0 Å². The summed E-state index contributed by atoms with van der Waals surface area (Å²) in [5.41, 5.74) is 0. The SMILES string of the molecule is COC1CCN([C@H]2CCCNC2)CC1. The van der Waals surface area contributed by atoms with Crippen molar-refractivity contribution in [2.24, 2.45) is 0 Å². The van der Waals surface area contributed by atoms with Crippen LogP contribution in [-0.4, -0.2) is 50.3 Å². The first kappa shape index (κ1) is 10.4. The quantitative estimate of drug-likeness (QED) is 0.712. The summed E-state index contributed by atoms with van der Waals surface area (Å²) < 4.78 is 5.38. The van der Waals surface area contributed by atoms with Crippen molar-refractivity contribution in [2.45, 2.75) is 37.8 Å². The van der Waals surface area contributed by atoms with Crippen molar-refractivity contribution in [1.29, 1.82) is 0 Å². The summed E-state index contributed by atoms with van der Waals surface area (Å²) >= 11 is 0. The van der Waals surface area contributed by atoms with Gasteiger partial charge in [-0.15, -0.1) is 0 Å². The van der Waals surface area contributed by atoms with Crippen molar-refractivity contribution in [2.75, 3.05) is 33.3 Å². The van der Waals surface area contributed by atoms with E-state index in [0.29, 0.717) is 6.10 Å². The van der Waals surface area contributed by atoms with E-state index in [1.165, 1.54) is 51.9 Å². The lowest BCUT2D eigenvalue weighted by Crippen LogP contribution is -2.49. The number of methoxy groups -OCH3 is 1. The number of nitrogens with zero attached hydrogens (tertiary/aromatic N) is 1. The molecule has 0 radical (unpaired) electrons. The van der Waals surface area contributed by atoms with Crippen molar-refractivity contribution in [3.63, 3.8) is 0 Å². The minimum Gasteiger partial charge on any atom is -0.381 e. The predicted octanol–water partition coefficient (Wildman–Crippen LogP) is 0.849. The summed E-state index contributed by atoms with van der Waals surface area (Å²) in [6.07, 6.45) is 5.67. The number of nitrogens with one attached hydrogen (secondary N) is 1. The minimum atomic E-state index is 0.516. The van der Waals surface area contributed by atoms with Crippen LogP contribution < -0.4 is 5.32 Å². The second kappa shape index (κ2) is 5.10. The van der Waals surface area contributed by atoms with Gasteiger partial charge in [0, 0.05) is 32.8 Å². The Hall–Kier alpha value is -0.120. The monoisotopic (exact) mass is 198 g/mol. The number of piperidine rings is 2. The Bertz CT molecular complexity index is 161. The third-order valence-corrected chi connectivity index (χ3v) is 3.60. The molecule has 2 saturated heterocycles. The number of rotatable bonds is 2. The van der Waals surface area contributed by atoms with Crippen molar-refractivity contribution in [3.8, 4) is 0 Å². The van der Waals surface area contributed by atoms with E-state index in [1.54, 1.807) is 0 Å². The summed E-state index contributed by atoms with van der Waals surface area (Å²) in [7, 11) is 1.84. The van der Waals surface area contributed by atoms with Crippen LogP contribution in [0.15, 0.2) is 0 Å². The molecule has 0 aromatic heterocycles. The fourth-order valence-electron chi connectivity index (χ4n) is 2.62. The lowest BCUT2D eigenvalue weighted by atomic mass is 10.0. The molecule has 14 heavy (non-hydrogen) atoms. The molecule has 1 N–H and O–H groups in total. The van der Waals surface area contributed by atoms with E-state index < -0.39 is 0 Å². The largest absolute Gasteiger partial charge is 0.381 e. The fourth-order valence-corrected chi connectivity index (χ4v) is 2.62. The Morgan fingerprint density at radius 1 is 1.21 bits per heavy atom. The number of hydrogen-bond acceptors (Lipinski definition) is 3. The summed E-state index contributed by atoms with van der Waals surface area (Å²) in [5, 5.41) is 3.48. The third kappa shape index (κ3) is 2.47. The molecular formula is C11H22N2O. The van der Waals surface area contributed by atoms with Gasteiger partial charge in [0.2, 0.25) is 0 Å². The molecule has 2 heterocycles. The molecule has 0 spiro atoms. The Balaban J connectivity index is 1.76. The van der Waals surface area contributed by atoms with E-state index in [4.69, 9.17) is 4.74 Å². The van der Waals surface area contributed by atoms with E-state index >= 15 is 0 Å². The molecular weight excluding hydrogens is 176 g/mol. The number of ether oxygens (including phenoxy) is 1. The minimum absolute atomic E-state index is 0.516. The van der Waals surface area contributed by atoms with Gasteiger partial charge < -0.3 is 10.1 Å². The molecule has 0 aromatic carbocycles. The van der Waals surface area contributed by atoms with Crippen LogP contribution in [-0.2, 0) is 4.74 Å². The maximum absolute atomic E-state index is 5.38. The van der Waals surface area contributed by atoms with Crippen LogP contribution in [0, 0.1) is 0 Å². The van der Waals surface area contributed by atoms with Gasteiger partial charge in [-0.05, 0) is 32.2 Å². The zero-order chi connectivity index (χ0) is 9.80. The molecule has 3 heteroatoms. The topological polar surface area (TPSA) is 24.5 Å². The molecule has 2 aliphatic heterocycles. The Labute approximate surface area is 86.8 Å². The highest BCUT2D eigenvalue weighted by molar-refractivity contribution is 4.82. The Morgan fingerprint density at radius 3 is 2.57 bits per heavy atom. The van der Waals surface area contributed by atoms with E-state index in [0.717, 1.165) is 6.04 Å². The van der Waals surface area contributed by atoms with Gasteiger partial charge in [-0.3, -0.25) is 4.90 Å². The molecule has 0 saturated carbocycles. The third-order valence-electron chi connectivity index (χ3n) is 3.60. The molecule has 0 aliphatic carbocycles. The average molecular weight is 198 g/mol. The normalized spacial score (nSPS) is 31.9. The van der Waals surface area contributed by atoms with E-state index in [-0.39, 0.29) is 0 Å². The first-order valence-electron chi connectivity index (χ1n) is 5.87. The van der Waals surface area contributed by atoms with Crippen molar-refractivity contribution < 1.29 is 4.74 Å². The average Bonchev–Trinajstić information content (AvgIpc) is 2.30. The van der Waals surface area contributed by atoms with Gasteiger partial charge in [-0.1, -0.05) is 0 Å². The molecule has 1 atom stereocenters. The van der Waals surface area contributed by atoms with Crippen LogP contribution in [0.5, 0.6) is 0 Å². The summed E-state index contributed by atoms with van der Waals surface area (Å²) in [6, 6.07) is 0.793. The first-order valence-corrected chi connectivity index (χ1v) is 5.87. The highest BCUT2D eigenvalue weighted by Gasteiger charge is 2.25. The van der Waals surface area contributed by atoms with Crippen LogP contribution >= 0.6 is 0 Å². The van der Waals surface area contributed by atoms with Gasteiger partial charge in [0.15, 0.2) is 0 Å². The van der Waals surface area contributed by atoms with E-state index in [9.17, 15) is 0 Å². The van der Waals surface area contributed by atoms with Gasteiger partial charge in [0.05, 0.1) is 6.10 Å². The fraction of sp³-hybridized carbons (Fsp3) is 1.00. The van der Waals surface area contributed by atoms with Crippen LogP contribution in [0.4, 0.5) is 0 Å². The molecule has 0 amide bonds. The van der Waals surface area contributed by atoms with Crippen LogP contribution in [0.1, 0.15) is 25.7 Å². The predicted molar refractivity (Wildman–Crippen MR) is 57.5 cm³/mol. The van der Waals surface area contributed by atoms with Gasteiger partial charge in [-0.2, -0.15) is 0 Å². The van der Waals surface area contributed by atoms with E-state index in [1.807, 2.05) is 7.11 Å². The zero-order valence-corrected chi connectivity index (χ0v) is 9.17. The second-order valence-corrected chi connectivity index (χ2v) is 4.47. The van der Waals surface area contributed by atoms with Gasteiger partial charge in [-0.25, -0.2) is 0 Å².